The van der Waals surface area contributed by atoms with Crippen molar-refractivity contribution in [3.8, 4) is 0 Å². The topological polar surface area (TPSA) is 15.3 Å². The minimum Gasteiger partial charge on any atom is -0.314 e. The highest BCUT2D eigenvalue weighted by atomic mass is 35.5. The van der Waals surface area contributed by atoms with Crippen LogP contribution in [0.5, 0.6) is 0 Å². The van der Waals surface area contributed by atoms with Crippen molar-refractivity contribution in [2.45, 2.75) is 102 Å². The molecule has 1 aliphatic heterocycles. The summed E-state index contributed by atoms with van der Waals surface area (Å²) in [5.41, 5.74) is 3.34. The Kier molecular flexibility index (Phi) is 11.0. The molecule has 0 aromatic carbocycles. The zero-order valence-corrected chi connectivity index (χ0v) is 15.6. The number of alkyl halides is 1. The van der Waals surface area contributed by atoms with Crippen molar-refractivity contribution in [1.29, 1.82) is 0 Å². The number of hydrazine groups is 1. The molecule has 2 nitrogen and oxygen atoms in total. The van der Waals surface area contributed by atoms with Gasteiger partial charge in [-0.25, -0.2) is 5.43 Å². The van der Waals surface area contributed by atoms with E-state index in [1.54, 1.807) is 0 Å². The highest BCUT2D eigenvalue weighted by Crippen LogP contribution is 2.23. The fourth-order valence-electron chi connectivity index (χ4n) is 2.97. The van der Waals surface area contributed by atoms with Gasteiger partial charge in [0.05, 0.1) is 0 Å². The predicted molar refractivity (Wildman–Crippen MR) is 98.9 cm³/mol. The molecule has 0 aromatic heterocycles. The van der Waals surface area contributed by atoms with Crippen molar-refractivity contribution < 1.29 is 0 Å². The van der Waals surface area contributed by atoms with Gasteiger partial charge in [0.2, 0.25) is 0 Å². The van der Waals surface area contributed by atoms with E-state index in [9.17, 15) is 0 Å². The third kappa shape index (κ3) is 9.05. The van der Waals surface area contributed by atoms with Crippen molar-refractivity contribution in [2.75, 3.05) is 6.54 Å². The normalized spacial score (nSPS) is 21.0. The number of rotatable bonds is 14. The lowest BCUT2D eigenvalue weighted by Gasteiger charge is -2.24. The summed E-state index contributed by atoms with van der Waals surface area (Å²) in [6.45, 7) is 5.46. The van der Waals surface area contributed by atoms with Crippen LogP contribution in [0.1, 0.15) is 97.3 Å². The average molecular weight is 329 g/mol. The molecule has 1 atom stereocenters. The van der Waals surface area contributed by atoms with Gasteiger partial charge >= 0.3 is 0 Å². The first kappa shape index (κ1) is 19.8. The molecule has 0 fully saturated rings. The van der Waals surface area contributed by atoms with Gasteiger partial charge in [-0.15, -0.1) is 0 Å². The maximum Gasteiger partial charge on any atom is 0.130 e. The largest absolute Gasteiger partial charge is 0.314 e. The highest BCUT2D eigenvalue weighted by molar-refractivity contribution is 6.25. The minimum atomic E-state index is -0.336. The second-order valence-corrected chi connectivity index (χ2v) is 7.40. The summed E-state index contributed by atoms with van der Waals surface area (Å²) in [6, 6.07) is 0. The fraction of sp³-hybridized carbons (Fsp3) is 0.895. The predicted octanol–water partition coefficient (Wildman–Crippen LogP) is 6.37. The molecular formula is C19H37ClN2. The smallest absolute Gasteiger partial charge is 0.130 e. The Labute approximate surface area is 143 Å². The molecule has 3 heteroatoms. The van der Waals surface area contributed by atoms with Gasteiger partial charge in [-0.3, -0.25) is 0 Å². The molecule has 0 saturated carbocycles. The first-order chi connectivity index (χ1) is 10.7. The number of hydrogen-bond acceptors (Lipinski definition) is 2. The van der Waals surface area contributed by atoms with E-state index < -0.39 is 0 Å². The maximum absolute atomic E-state index is 6.36. The molecule has 0 radical (unpaired) electrons. The molecule has 0 spiro atoms. The van der Waals surface area contributed by atoms with E-state index in [2.05, 4.69) is 36.6 Å². The second-order valence-electron chi connectivity index (χ2n) is 6.73. The van der Waals surface area contributed by atoms with Gasteiger partial charge in [-0.05, 0) is 18.9 Å². The standard InChI is InChI=1S/C19H37ClN2/c1-3-5-6-7-8-9-10-11-12-13-14-15-17-22-18-16-19(20,4-2)21-22/h16,18,21H,3-15,17H2,1-2H3. The average Bonchev–Trinajstić information content (AvgIpc) is 2.91. The monoisotopic (exact) mass is 328 g/mol. The molecule has 1 N–H and O–H groups in total. The number of hydrogen-bond donors (Lipinski definition) is 1. The third-order valence-electron chi connectivity index (χ3n) is 4.62. The van der Waals surface area contributed by atoms with Crippen molar-refractivity contribution in [3.05, 3.63) is 12.3 Å². The van der Waals surface area contributed by atoms with Crippen LogP contribution in [0.2, 0.25) is 0 Å². The van der Waals surface area contributed by atoms with Crippen LogP contribution in [0.4, 0.5) is 0 Å². The molecule has 1 heterocycles. The van der Waals surface area contributed by atoms with E-state index in [1.807, 2.05) is 0 Å². The molecule has 130 valence electrons. The molecule has 1 aliphatic rings. The van der Waals surface area contributed by atoms with E-state index in [0.717, 1.165) is 13.0 Å². The van der Waals surface area contributed by atoms with Gasteiger partial charge in [0.15, 0.2) is 0 Å². The Hall–Kier alpha value is -0.210. The number of unbranched alkanes of at least 4 members (excludes halogenated alkanes) is 11. The first-order valence-electron chi connectivity index (χ1n) is 9.63. The van der Waals surface area contributed by atoms with Gasteiger partial charge in [0, 0.05) is 12.7 Å². The van der Waals surface area contributed by atoms with Gasteiger partial charge in [0.1, 0.15) is 5.00 Å². The Balaban J connectivity index is 1.80. The van der Waals surface area contributed by atoms with Gasteiger partial charge in [-0.2, -0.15) is 0 Å². The minimum absolute atomic E-state index is 0.336. The Morgan fingerprint density at radius 2 is 1.32 bits per heavy atom. The molecular weight excluding hydrogens is 292 g/mol. The Morgan fingerprint density at radius 1 is 0.818 bits per heavy atom. The molecule has 22 heavy (non-hydrogen) atoms. The Morgan fingerprint density at radius 3 is 1.77 bits per heavy atom. The third-order valence-corrected chi connectivity index (χ3v) is 5.09. The Bertz CT molecular complexity index is 293. The number of nitrogens with one attached hydrogen (secondary N) is 1. The van der Waals surface area contributed by atoms with Crippen LogP contribution in [0.15, 0.2) is 12.3 Å². The quantitative estimate of drug-likeness (QED) is 0.226. The molecule has 0 bridgehead atoms. The van der Waals surface area contributed by atoms with Crippen molar-refractivity contribution >= 4 is 11.6 Å². The SMILES string of the molecule is CCCCCCCCCCCCCCN1C=CC(Cl)(CC)N1. The molecule has 0 aliphatic carbocycles. The summed E-state index contributed by atoms with van der Waals surface area (Å²) in [5, 5.41) is 2.15. The first-order valence-corrected chi connectivity index (χ1v) is 10.0. The van der Waals surface area contributed by atoms with Crippen LogP contribution in [0.25, 0.3) is 0 Å². The van der Waals surface area contributed by atoms with E-state index in [4.69, 9.17) is 11.6 Å². The highest BCUT2D eigenvalue weighted by Gasteiger charge is 2.27. The fourth-order valence-corrected chi connectivity index (χ4v) is 3.14. The van der Waals surface area contributed by atoms with Crippen LogP contribution in [-0.4, -0.2) is 16.6 Å². The van der Waals surface area contributed by atoms with E-state index in [-0.39, 0.29) is 5.00 Å². The van der Waals surface area contributed by atoms with E-state index in [0.29, 0.717) is 0 Å². The van der Waals surface area contributed by atoms with Crippen LogP contribution in [0.3, 0.4) is 0 Å². The van der Waals surface area contributed by atoms with Crippen molar-refractivity contribution in [1.82, 2.24) is 10.4 Å². The van der Waals surface area contributed by atoms with Crippen LogP contribution in [-0.2, 0) is 0 Å². The lowest BCUT2D eigenvalue weighted by atomic mass is 10.1. The summed E-state index contributed by atoms with van der Waals surface area (Å²) in [5.74, 6) is 0. The summed E-state index contributed by atoms with van der Waals surface area (Å²) < 4.78 is 0. The lowest BCUT2D eigenvalue weighted by Crippen LogP contribution is -2.42. The summed E-state index contributed by atoms with van der Waals surface area (Å²) >= 11 is 6.36. The zero-order valence-electron chi connectivity index (χ0n) is 14.9. The van der Waals surface area contributed by atoms with Gasteiger partial charge < -0.3 is 5.01 Å². The number of halogens is 1. The molecule has 0 amide bonds. The second kappa shape index (κ2) is 12.2. The summed E-state index contributed by atoms with van der Waals surface area (Å²) in [6.07, 6.45) is 21.9. The van der Waals surface area contributed by atoms with E-state index >= 15 is 0 Å². The van der Waals surface area contributed by atoms with Gasteiger partial charge in [0.25, 0.3) is 0 Å². The summed E-state index contributed by atoms with van der Waals surface area (Å²) in [7, 11) is 0. The van der Waals surface area contributed by atoms with Gasteiger partial charge in [-0.1, -0.05) is 96.1 Å². The zero-order chi connectivity index (χ0) is 16.1. The maximum atomic E-state index is 6.36. The molecule has 0 saturated heterocycles. The molecule has 1 rings (SSSR count). The van der Waals surface area contributed by atoms with Crippen molar-refractivity contribution in [3.63, 3.8) is 0 Å². The van der Waals surface area contributed by atoms with Crippen LogP contribution in [0, 0.1) is 0 Å². The molecule has 1 unspecified atom stereocenters. The van der Waals surface area contributed by atoms with Crippen LogP contribution >= 0.6 is 11.6 Å². The summed E-state index contributed by atoms with van der Waals surface area (Å²) in [4.78, 5) is -0.336. The number of nitrogens with zero attached hydrogens (tertiary/aromatic N) is 1. The molecule has 0 aromatic rings. The van der Waals surface area contributed by atoms with Crippen LogP contribution < -0.4 is 5.43 Å². The van der Waals surface area contributed by atoms with Crippen molar-refractivity contribution in [2.24, 2.45) is 0 Å². The lowest BCUT2D eigenvalue weighted by molar-refractivity contribution is 0.250. The van der Waals surface area contributed by atoms with E-state index in [1.165, 1.54) is 77.0 Å².